The van der Waals surface area contributed by atoms with E-state index >= 15 is 0 Å². The van der Waals surface area contributed by atoms with Crippen LogP contribution in [0.2, 0.25) is 0 Å². The van der Waals surface area contributed by atoms with Gasteiger partial charge in [0.05, 0.1) is 0 Å². The molecule has 0 saturated carbocycles. The quantitative estimate of drug-likeness (QED) is 0.307. The number of nitrogens with one attached hydrogen (secondary N) is 2. The Kier molecular flexibility index (Phi) is 6.88. The Morgan fingerprint density at radius 2 is 0.571 bits per heavy atom. The van der Waals surface area contributed by atoms with Gasteiger partial charge >= 0.3 is 0 Å². The Bertz CT molecular complexity index is 768. The van der Waals surface area contributed by atoms with Gasteiger partial charge in [0.15, 0.2) is 46.5 Å². The molecule has 154 valence electrons. The van der Waals surface area contributed by atoms with Crippen LogP contribution in [0.3, 0.4) is 0 Å². The predicted molar refractivity (Wildman–Crippen MR) is 75.9 cm³/mol. The summed E-state index contributed by atoms with van der Waals surface area (Å²) in [6.45, 7) is -1.93. The molecule has 0 atom stereocenters. The molecule has 0 saturated heterocycles. The fourth-order valence-electron chi connectivity index (χ4n) is 2.21. The summed E-state index contributed by atoms with van der Waals surface area (Å²) in [5.41, 5.74) is -2.23. The Labute approximate surface area is 151 Å². The lowest BCUT2D eigenvalue weighted by Crippen LogP contribution is -2.28. The zero-order valence-corrected chi connectivity index (χ0v) is 13.6. The van der Waals surface area contributed by atoms with E-state index in [0.29, 0.717) is 0 Å². The van der Waals surface area contributed by atoms with Gasteiger partial charge in [0.2, 0.25) is 11.6 Å². The van der Waals surface area contributed by atoms with Crippen molar-refractivity contribution in [3.8, 4) is 0 Å². The van der Waals surface area contributed by atoms with Gasteiger partial charge in [-0.05, 0) is 0 Å². The zero-order chi connectivity index (χ0) is 21.2. The Balaban J connectivity index is 1.93. The van der Waals surface area contributed by atoms with Crippen molar-refractivity contribution >= 4 is 0 Å². The van der Waals surface area contributed by atoms with E-state index in [9.17, 15) is 43.9 Å². The maximum Gasteiger partial charge on any atom is 0.200 e. The summed E-state index contributed by atoms with van der Waals surface area (Å²) in [7, 11) is 0. The van der Waals surface area contributed by atoms with Crippen molar-refractivity contribution in [2.45, 2.75) is 13.1 Å². The third-order valence-corrected chi connectivity index (χ3v) is 3.68. The van der Waals surface area contributed by atoms with Crippen LogP contribution in [0.15, 0.2) is 0 Å². The molecule has 2 rings (SSSR count). The van der Waals surface area contributed by atoms with Gasteiger partial charge in [0.1, 0.15) is 0 Å². The molecular formula is C16H10F10N2. The van der Waals surface area contributed by atoms with Crippen LogP contribution >= 0.6 is 0 Å². The van der Waals surface area contributed by atoms with E-state index in [1.165, 1.54) is 0 Å². The lowest BCUT2D eigenvalue weighted by atomic mass is 10.1. The van der Waals surface area contributed by atoms with Gasteiger partial charge in [0.25, 0.3) is 0 Å². The molecule has 2 aromatic carbocycles. The lowest BCUT2D eigenvalue weighted by molar-refractivity contribution is 0.365. The van der Waals surface area contributed by atoms with Gasteiger partial charge in [-0.1, -0.05) is 0 Å². The van der Waals surface area contributed by atoms with Crippen molar-refractivity contribution in [1.82, 2.24) is 10.6 Å². The van der Waals surface area contributed by atoms with Gasteiger partial charge in [-0.2, -0.15) is 0 Å². The van der Waals surface area contributed by atoms with Crippen molar-refractivity contribution in [1.29, 1.82) is 0 Å². The third kappa shape index (κ3) is 4.07. The molecule has 0 amide bonds. The fraction of sp³-hybridized carbons (Fsp3) is 0.250. The highest BCUT2D eigenvalue weighted by molar-refractivity contribution is 5.25. The van der Waals surface area contributed by atoms with Gasteiger partial charge in [-0.3, -0.25) is 0 Å². The molecule has 0 aliphatic rings. The lowest BCUT2D eigenvalue weighted by Gasteiger charge is -2.11. The van der Waals surface area contributed by atoms with Crippen molar-refractivity contribution in [2.24, 2.45) is 0 Å². The smallest absolute Gasteiger partial charge is 0.200 e. The molecule has 2 aromatic rings. The van der Waals surface area contributed by atoms with Crippen LogP contribution in [0, 0.1) is 58.2 Å². The number of benzene rings is 2. The Hall–Kier alpha value is -2.34. The molecular weight excluding hydrogens is 410 g/mol. The number of hydrogen-bond acceptors (Lipinski definition) is 2. The molecule has 28 heavy (non-hydrogen) atoms. The summed E-state index contributed by atoms with van der Waals surface area (Å²) in [5, 5.41) is 4.62. The van der Waals surface area contributed by atoms with E-state index in [1.54, 1.807) is 0 Å². The van der Waals surface area contributed by atoms with Crippen molar-refractivity contribution < 1.29 is 43.9 Å². The maximum absolute atomic E-state index is 13.4. The van der Waals surface area contributed by atoms with Gasteiger partial charge < -0.3 is 10.6 Å². The van der Waals surface area contributed by atoms with Crippen LogP contribution in [0.1, 0.15) is 11.1 Å². The van der Waals surface area contributed by atoms with E-state index in [0.717, 1.165) is 0 Å². The molecule has 0 fully saturated rings. The Morgan fingerprint density at radius 3 is 0.821 bits per heavy atom. The summed E-state index contributed by atoms with van der Waals surface area (Å²) in [6, 6.07) is 0. The topological polar surface area (TPSA) is 24.1 Å². The van der Waals surface area contributed by atoms with Crippen LogP contribution in [0.5, 0.6) is 0 Å². The highest BCUT2D eigenvalue weighted by Gasteiger charge is 2.26. The maximum atomic E-state index is 13.4. The van der Waals surface area contributed by atoms with Crippen LogP contribution < -0.4 is 10.6 Å². The minimum absolute atomic E-state index is 0.200. The molecule has 0 heterocycles. The fourth-order valence-corrected chi connectivity index (χ4v) is 2.21. The van der Waals surface area contributed by atoms with Crippen LogP contribution in [0.4, 0.5) is 43.9 Å². The predicted octanol–water partition coefficient (Wildman–Crippen LogP) is 3.96. The standard InChI is InChI=1S/C16H10F10N2/c17-7-5(8(18)12(22)15(25)11(7)21)3-27-1-2-28-4-6-9(19)13(23)16(26)14(24)10(6)20/h27-28H,1-4H2. The molecule has 0 aliphatic heterocycles. The molecule has 0 unspecified atom stereocenters. The third-order valence-electron chi connectivity index (χ3n) is 3.68. The van der Waals surface area contributed by atoms with Gasteiger partial charge in [0, 0.05) is 37.3 Å². The molecule has 12 heteroatoms. The van der Waals surface area contributed by atoms with E-state index in [4.69, 9.17) is 0 Å². The van der Waals surface area contributed by atoms with Gasteiger partial charge in [-0.15, -0.1) is 0 Å². The summed E-state index contributed by atoms with van der Waals surface area (Å²) in [5.74, 6) is -21.1. The number of hydrogen-bond donors (Lipinski definition) is 2. The van der Waals surface area contributed by atoms with E-state index in [-0.39, 0.29) is 13.1 Å². The van der Waals surface area contributed by atoms with E-state index in [2.05, 4.69) is 10.6 Å². The Morgan fingerprint density at radius 1 is 0.357 bits per heavy atom. The molecule has 0 radical (unpaired) electrons. The molecule has 2 nitrogen and oxygen atoms in total. The van der Waals surface area contributed by atoms with Crippen molar-refractivity contribution in [2.75, 3.05) is 13.1 Å². The second-order valence-corrected chi connectivity index (χ2v) is 5.45. The van der Waals surface area contributed by atoms with Crippen LogP contribution in [-0.2, 0) is 13.1 Å². The minimum atomic E-state index is -2.30. The SMILES string of the molecule is Fc1c(F)c(F)c(CNCCNCc2c(F)c(F)c(F)c(F)c2F)c(F)c1F. The molecule has 0 aromatic heterocycles. The first-order chi connectivity index (χ1) is 13.1. The van der Waals surface area contributed by atoms with E-state index < -0.39 is 82.4 Å². The van der Waals surface area contributed by atoms with Crippen molar-refractivity contribution in [3.05, 3.63) is 69.3 Å². The first-order valence-electron chi connectivity index (χ1n) is 7.51. The van der Waals surface area contributed by atoms with Gasteiger partial charge in [-0.25, -0.2) is 43.9 Å². The molecule has 0 spiro atoms. The van der Waals surface area contributed by atoms with Crippen LogP contribution in [-0.4, -0.2) is 13.1 Å². The molecule has 0 bridgehead atoms. The summed E-state index contributed by atoms with van der Waals surface area (Å²) < 4.78 is 132. The van der Waals surface area contributed by atoms with Crippen LogP contribution in [0.25, 0.3) is 0 Å². The minimum Gasteiger partial charge on any atom is -0.311 e. The normalized spacial score (nSPS) is 11.4. The second kappa shape index (κ2) is 8.78. The zero-order valence-electron chi connectivity index (χ0n) is 13.6. The number of halogens is 10. The summed E-state index contributed by atoms with van der Waals surface area (Å²) in [6.07, 6.45) is 0. The van der Waals surface area contributed by atoms with E-state index in [1.807, 2.05) is 0 Å². The average molecular weight is 420 g/mol. The monoisotopic (exact) mass is 420 g/mol. The first kappa shape index (κ1) is 22.0. The number of rotatable bonds is 7. The summed E-state index contributed by atoms with van der Waals surface area (Å²) in [4.78, 5) is 0. The highest BCUT2D eigenvalue weighted by atomic mass is 19.2. The summed E-state index contributed by atoms with van der Waals surface area (Å²) >= 11 is 0. The van der Waals surface area contributed by atoms with Crippen molar-refractivity contribution in [3.63, 3.8) is 0 Å². The average Bonchev–Trinajstić information content (AvgIpc) is 2.68. The largest absolute Gasteiger partial charge is 0.311 e. The first-order valence-corrected chi connectivity index (χ1v) is 7.51. The second-order valence-electron chi connectivity index (χ2n) is 5.45. The molecule has 2 N–H and O–H groups in total. The highest BCUT2D eigenvalue weighted by Crippen LogP contribution is 2.23. The molecule has 0 aliphatic carbocycles.